The highest BCUT2D eigenvalue weighted by Crippen LogP contribution is 2.40. The van der Waals surface area contributed by atoms with Gasteiger partial charge in [-0.1, -0.05) is 0 Å². The maximum absolute atomic E-state index is 13.6. The van der Waals surface area contributed by atoms with Gasteiger partial charge >= 0.3 is 0 Å². The Morgan fingerprint density at radius 2 is 1.93 bits per heavy atom. The Hall–Kier alpha value is -4.60. The number of nitrogens with one attached hydrogen (secondary N) is 3. The third kappa shape index (κ3) is 6.06. The molecule has 5 aromatic rings. The molecule has 0 aliphatic heterocycles. The van der Waals surface area contributed by atoms with Crippen molar-refractivity contribution in [3.63, 3.8) is 0 Å². The number of fused-ring (bicyclic) bond motifs is 1. The molecule has 0 unspecified atom stereocenters. The molecule has 1 aliphatic carbocycles. The number of H-pyrrole nitrogens is 1. The number of aryl methyl sites for hydroxylation is 1. The quantitative estimate of drug-likeness (QED) is 0.195. The molecule has 0 saturated heterocycles. The van der Waals surface area contributed by atoms with Crippen LogP contribution in [0.5, 0.6) is 0 Å². The predicted octanol–water partition coefficient (Wildman–Crippen LogP) is 0.104. The largest absolute Gasteiger partial charge is 0.368 e. The topological polar surface area (TPSA) is 166 Å². The zero-order chi connectivity index (χ0) is 31.9. The van der Waals surface area contributed by atoms with Gasteiger partial charge in [-0.05, 0) is 44.8 Å². The van der Waals surface area contributed by atoms with Crippen molar-refractivity contribution in [3.05, 3.63) is 60.1 Å². The van der Waals surface area contributed by atoms with Gasteiger partial charge in [0, 0.05) is 24.8 Å². The van der Waals surface area contributed by atoms with Gasteiger partial charge in [-0.25, -0.2) is 24.0 Å². The molecular weight excluding hydrogens is 576 g/mol. The summed E-state index contributed by atoms with van der Waals surface area (Å²) >= 11 is 0. The average molecular weight is 610 g/mol. The number of nitrogens with zero attached hydrogens (tertiary/aromatic N) is 9. The SMILES string of the molecule is BC(B)(B)n1ncc2c(Nc3cc(C)[nH]n3)nc([C@H]3CC[C@](OC)(C(=O)N[C@@H](C)c4cnc(-n5cc(F)cn5)cn4)CC3)nc21. The summed E-state index contributed by atoms with van der Waals surface area (Å²) in [5.41, 5.74) is 1.22. The number of amides is 1. The van der Waals surface area contributed by atoms with Crippen LogP contribution in [0.4, 0.5) is 16.0 Å². The number of carbonyl (C=O) groups is 1. The van der Waals surface area contributed by atoms with Crippen LogP contribution < -0.4 is 10.6 Å². The van der Waals surface area contributed by atoms with Gasteiger partial charge in [-0.2, -0.15) is 15.3 Å². The fraction of sp³-hybridized carbons (Fsp3) is 0.407. The molecule has 3 N–H and O–H groups in total. The van der Waals surface area contributed by atoms with Crippen LogP contribution >= 0.6 is 0 Å². The van der Waals surface area contributed by atoms with Gasteiger partial charge in [-0.15, -0.1) is 0 Å². The number of methoxy groups -OCH3 is 1. The van der Waals surface area contributed by atoms with Crippen molar-refractivity contribution < 1.29 is 13.9 Å². The van der Waals surface area contributed by atoms with Crippen molar-refractivity contribution in [1.29, 1.82) is 0 Å². The van der Waals surface area contributed by atoms with E-state index in [9.17, 15) is 9.18 Å². The molecular formula is C27H34B3FN12O2. The molecule has 5 aromatic heterocycles. The summed E-state index contributed by atoms with van der Waals surface area (Å²) in [6.07, 6.45) is 9.41. The lowest BCUT2D eigenvalue weighted by Crippen LogP contribution is -2.51. The van der Waals surface area contributed by atoms with Crippen molar-refractivity contribution in [1.82, 2.24) is 55.0 Å². The number of aromatic amines is 1. The third-order valence-electron chi connectivity index (χ3n) is 8.23. The van der Waals surface area contributed by atoms with Crippen LogP contribution in [0.1, 0.15) is 61.8 Å². The fourth-order valence-corrected chi connectivity index (χ4v) is 5.66. The zero-order valence-corrected chi connectivity index (χ0v) is 26.2. The summed E-state index contributed by atoms with van der Waals surface area (Å²) in [6, 6.07) is 1.48. The number of anilines is 2. The molecule has 6 rings (SSSR count). The molecule has 1 amide bonds. The number of hydrogen-bond acceptors (Lipinski definition) is 10. The second kappa shape index (κ2) is 11.7. The van der Waals surface area contributed by atoms with Crippen molar-refractivity contribution in [2.75, 3.05) is 12.4 Å². The lowest BCUT2D eigenvalue weighted by Gasteiger charge is -2.38. The van der Waals surface area contributed by atoms with Gasteiger partial charge in [0.15, 0.2) is 23.1 Å². The number of hydrogen-bond donors (Lipinski definition) is 3. The minimum absolute atomic E-state index is 0.0123. The smallest absolute Gasteiger partial charge is 0.252 e. The Morgan fingerprint density at radius 1 is 1.16 bits per heavy atom. The molecule has 5 heterocycles. The number of aromatic nitrogens is 10. The highest BCUT2D eigenvalue weighted by molar-refractivity contribution is 6.56. The van der Waals surface area contributed by atoms with Crippen molar-refractivity contribution in [3.8, 4) is 5.82 Å². The fourth-order valence-electron chi connectivity index (χ4n) is 5.66. The summed E-state index contributed by atoms with van der Waals surface area (Å²) in [4.78, 5) is 32.3. The molecule has 0 bridgehead atoms. The lowest BCUT2D eigenvalue weighted by molar-refractivity contribution is -0.148. The van der Waals surface area contributed by atoms with E-state index in [0.717, 1.165) is 22.9 Å². The molecule has 0 spiro atoms. The van der Waals surface area contributed by atoms with Crippen LogP contribution in [-0.2, 0) is 14.8 Å². The van der Waals surface area contributed by atoms with Gasteiger partial charge < -0.3 is 15.4 Å². The molecule has 1 aliphatic rings. The first-order valence-electron chi connectivity index (χ1n) is 14.9. The molecule has 14 nitrogen and oxygen atoms in total. The molecule has 1 atom stereocenters. The zero-order valence-electron chi connectivity index (χ0n) is 26.2. The Morgan fingerprint density at radius 3 is 2.53 bits per heavy atom. The Kier molecular flexibility index (Phi) is 7.93. The first-order valence-corrected chi connectivity index (χ1v) is 14.9. The van der Waals surface area contributed by atoms with Crippen LogP contribution in [-0.4, -0.2) is 91.9 Å². The number of ether oxygens (including phenoxy) is 1. The summed E-state index contributed by atoms with van der Waals surface area (Å²) in [5.74, 6) is 1.69. The normalized spacial score (nSPS) is 19.4. The van der Waals surface area contributed by atoms with E-state index in [1.807, 2.05) is 24.6 Å². The van der Waals surface area contributed by atoms with Crippen molar-refractivity contribution in [2.45, 2.75) is 62.3 Å². The lowest BCUT2D eigenvalue weighted by atomic mass is 9.49. The van der Waals surface area contributed by atoms with Gasteiger partial charge in [-0.3, -0.25) is 19.6 Å². The van der Waals surface area contributed by atoms with Gasteiger partial charge in [0.1, 0.15) is 40.8 Å². The van der Waals surface area contributed by atoms with Gasteiger partial charge in [0.05, 0.1) is 48.1 Å². The number of halogens is 1. The standard InChI is InChI=1S/C27H34B3FN12O2/c1-14-8-20(41-40-14)37-23-18-10-35-43(27(28,29)30)24(18)39-22(38-23)16-4-6-26(45-3,7-5-16)25(44)36-15(2)19-11-33-21(12-32-19)42-13-17(31)9-34-42/h8-13,15-16H,4-7,28-30H2,1-3H3,(H,36,44)(H2,37,38,39,40,41)/t15-,16-,26+/m0/s1. The predicted molar refractivity (Wildman–Crippen MR) is 172 cm³/mol. The molecule has 0 radical (unpaired) electrons. The first kappa shape index (κ1) is 30.4. The third-order valence-corrected chi connectivity index (χ3v) is 8.23. The van der Waals surface area contributed by atoms with E-state index < -0.39 is 17.5 Å². The number of carbonyl (C=O) groups excluding carboxylic acids is 1. The van der Waals surface area contributed by atoms with Crippen LogP contribution in [0.3, 0.4) is 0 Å². The maximum atomic E-state index is 13.6. The molecule has 230 valence electrons. The monoisotopic (exact) mass is 610 g/mol. The van der Waals surface area contributed by atoms with E-state index in [1.165, 1.54) is 17.1 Å². The van der Waals surface area contributed by atoms with E-state index in [4.69, 9.17) is 14.7 Å². The minimum atomic E-state index is -1.00. The second-order valence-corrected chi connectivity index (χ2v) is 12.5. The van der Waals surface area contributed by atoms with Gasteiger partial charge in [0.25, 0.3) is 5.91 Å². The number of rotatable bonds is 9. The molecule has 1 saturated carbocycles. The Bertz CT molecular complexity index is 1830. The van der Waals surface area contributed by atoms with Crippen molar-refractivity contribution >= 4 is 52.1 Å². The first-order chi connectivity index (χ1) is 21.5. The van der Waals surface area contributed by atoms with Crippen LogP contribution in [0.2, 0.25) is 0 Å². The van der Waals surface area contributed by atoms with E-state index in [0.29, 0.717) is 54.7 Å². The summed E-state index contributed by atoms with van der Waals surface area (Å²) in [6.45, 7) is 3.77. The summed E-state index contributed by atoms with van der Waals surface area (Å²) in [7, 11) is 7.82. The van der Waals surface area contributed by atoms with E-state index in [2.05, 4.69) is 64.5 Å². The molecule has 1 fully saturated rings. The highest BCUT2D eigenvalue weighted by atomic mass is 19.1. The summed E-state index contributed by atoms with van der Waals surface area (Å²) < 4.78 is 22.4. The Balaban J connectivity index is 1.19. The highest BCUT2D eigenvalue weighted by Gasteiger charge is 2.43. The second-order valence-electron chi connectivity index (χ2n) is 12.5. The maximum Gasteiger partial charge on any atom is 0.252 e. The molecule has 0 aromatic carbocycles. The van der Waals surface area contributed by atoms with Crippen LogP contribution in [0.15, 0.2) is 37.1 Å². The van der Waals surface area contributed by atoms with Crippen LogP contribution in [0, 0.1) is 12.7 Å². The van der Waals surface area contributed by atoms with E-state index in [-0.39, 0.29) is 17.1 Å². The van der Waals surface area contributed by atoms with Crippen molar-refractivity contribution in [2.24, 2.45) is 0 Å². The van der Waals surface area contributed by atoms with E-state index >= 15 is 0 Å². The van der Waals surface area contributed by atoms with Crippen LogP contribution in [0.25, 0.3) is 16.9 Å². The average Bonchev–Trinajstić information content (AvgIpc) is 3.76. The minimum Gasteiger partial charge on any atom is -0.368 e. The molecule has 45 heavy (non-hydrogen) atoms. The molecule has 18 heteroatoms. The summed E-state index contributed by atoms with van der Waals surface area (Å²) in [5, 5.41) is 22.7. The van der Waals surface area contributed by atoms with E-state index in [1.54, 1.807) is 19.5 Å². The Labute approximate surface area is 261 Å². The van der Waals surface area contributed by atoms with Gasteiger partial charge in [0.2, 0.25) is 0 Å².